The van der Waals surface area contributed by atoms with Crippen LogP contribution in [0.2, 0.25) is 0 Å². The molecule has 0 radical (unpaired) electrons. The molecule has 7 heteroatoms. The second-order valence-corrected chi connectivity index (χ2v) is 9.55. The molecule has 0 bridgehead atoms. The van der Waals surface area contributed by atoms with E-state index < -0.39 is 21.2 Å². The first-order chi connectivity index (χ1) is 14.5. The molecular weight excluding hydrogens is 400 g/mol. The number of sulfonamides is 1. The Balaban J connectivity index is 1.73. The number of amides is 1. The van der Waals surface area contributed by atoms with E-state index in [-0.39, 0.29) is 13.0 Å². The van der Waals surface area contributed by atoms with Crippen molar-refractivity contribution in [3.63, 3.8) is 0 Å². The van der Waals surface area contributed by atoms with Crippen molar-refractivity contribution in [3.05, 3.63) is 66.2 Å². The summed E-state index contributed by atoms with van der Waals surface area (Å²) in [7, 11) is -3.84. The van der Waals surface area contributed by atoms with Crippen molar-refractivity contribution >= 4 is 21.5 Å². The van der Waals surface area contributed by atoms with Crippen LogP contribution in [-0.4, -0.2) is 42.2 Å². The second kappa shape index (κ2) is 10.0. The van der Waals surface area contributed by atoms with Crippen LogP contribution in [0.4, 0.5) is 0 Å². The normalized spacial score (nSPS) is 16.0. The minimum atomic E-state index is -3.84. The van der Waals surface area contributed by atoms with Crippen LogP contribution >= 0.6 is 0 Å². The molecule has 0 aromatic heterocycles. The summed E-state index contributed by atoms with van der Waals surface area (Å²) in [5.41, 5.74) is 5.96. The highest BCUT2D eigenvalue weighted by atomic mass is 32.2. The van der Waals surface area contributed by atoms with E-state index in [0.717, 1.165) is 28.7 Å². The van der Waals surface area contributed by atoms with Crippen LogP contribution in [-0.2, 0) is 14.8 Å². The van der Waals surface area contributed by atoms with Crippen molar-refractivity contribution in [1.29, 1.82) is 0 Å². The van der Waals surface area contributed by atoms with Gasteiger partial charge in [-0.15, -0.1) is 0 Å². The highest BCUT2D eigenvalue weighted by Crippen LogP contribution is 2.28. The van der Waals surface area contributed by atoms with Gasteiger partial charge < -0.3 is 0 Å². The fraction of sp³-hybridized carbons (Fsp3) is 0.348. The minimum absolute atomic E-state index is 0.194. The van der Waals surface area contributed by atoms with Gasteiger partial charge in [-0.2, -0.15) is 4.31 Å². The zero-order valence-corrected chi connectivity index (χ0v) is 17.9. The smallest absolute Gasteiger partial charge is 0.263 e. The van der Waals surface area contributed by atoms with Gasteiger partial charge in [-0.3, -0.25) is 10.0 Å². The van der Waals surface area contributed by atoms with Crippen LogP contribution in [0.1, 0.15) is 38.2 Å². The molecule has 1 unspecified atom stereocenters. The molecule has 1 amide bonds. The molecule has 6 nitrogen and oxygen atoms in total. The SMILES string of the molecule is CCCCC(C(=O)NO)S(=O)(=O)N1CC=C(c2ccc(-c3ccccc3)cc2)CC1. The first-order valence-corrected chi connectivity index (χ1v) is 11.8. The molecule has 0 spiro atoms. The van der Waals surface area contributed by atoms with Crippen LogP contribution in [0.25, 0.3) is 16.7 Å². The predicted molar refractivity (Wildman–Crippen MR) is 118 cm³/mol. The van der Waals surface area contributed by atoms with Gasteiger partial charge in [0.25, 0.3) is 5.91 Å². The molecule has 1 atom stereocenters. The largest absolute Gasteiger partial charge is 0.289 e. The maximum Gasteiger partial charge on any atom is 0.263 e. The van der Waals surface area contributed by atoms with Crippen molar-refractivity contribution in [3.8, 4) is 11.1 Å². The van der Waals surface area contributed by atoms with Gasteiger partial charge in [0.05, 0.1) is 0 Å². The third kappa shape index (κ3) is 4.98. The molecule has 160 valence electrons. The van der Waals surface area contributed by atoms with E-state index in [1.54, 1.807) is 0 Å². The van der Waals surface area contributed by atoms with E-state index >= 15 is 0 Å². The number of benzene rings is 2. The fourth-order valence-corrected chi connectivity index (χ4v) is 5.48. The number of hydroxylamine groups is 1. The Labute approximate surface area is 178 Å². The summed E-state index contributed by atoms with van der Waals surface area (Å²) in [6, 6.07) is 18.4. The molecule has 1 aliphatic rings. The van der Waals surface area contributed by atoms with Gasteiger partial charge in [-0.05, 0) is 35.1 Å². The summed E-state index contributed by atoms with van der Waals surface area (Å²) in [6.07, 6.45) is 4.05. The maximum absolute atomic E-state index is 13.0. The molecule has 3 rings (SSSR count). The number of carbonyl (C=O) groups excluding carboxylic acids is 1. The highest BCUT2D eigenvalue weighted by Gasteiger charge is 2.37. The molecule has 2 aromatic rings. The standard InChI is InChI=1S/C23H28N2O4S/c1-2-3-9-22(23(26)24-27)30(28,29)25-16-14-21(15-17-25)20-12-10-19(11-13-20)18-7-5-4-6-8-18/h4-8,10-14,22,27H,2-3,9,15-17H2,1H3,(H,24,26). The van der Waals surface area contributed by atoms with Gasteiger partial charge in [-0.25, -0.2) is 13.9 Å². The lowest BCUT2D eigenvalue weighted by Gasteiger charge is -2.29. The number of nitrogens with one attached hydrogen (secondary N) is 1. The maximum atomic E-state index is 13.0. The number of unbranched alkanes of at least 4 members (excludes halogenated alkanes) is 1. The lowest BCUT2D eigenvalue weighted by molar-refractivity contribution is -0.128. The fourth-order valence-electron chi connectivity index (χ4n) is 3.71. The van der Waals surface area contributed by atoms with Crippen molar-refractivity contribution in [2.45, 2.75) is 37.9 Å². The molecule has 0 saturated heterocycles. The Morgan fingerprint density at radius 2 is 1.70 bits per heavy atom. The minimum Gasteiger partial charge on any atom is -0.289 e. The van der Waals surface area contributed by atoms with E-state index in [2.05, 4.69) is 36.4 Å². The molecule has 0 fully saturated rings. The number of nitrogens with zero attached hydrogens (tertiary/aromatic N) is 1. The molecule has 1 aliphatic heterocycles. The van der Waals surface area contributed by atoms with Crippen LogP contribution in [0, 0.1) is 0 Å². The summed E-state index contributed by atoms with van der Waals surface area (Å²) in [6.45, 7) is 2.47. The summed E-state index contributed by atoms with van der Waals surface area (Å²) in [4.78, 5) is 12.0. The highest BCUT2D eigenvalue weighted by molar-refractivity contribution is 7.90. The number of rotatable bonds is 8. The van der Waals surface area contributed by atoms with Crippen molar-refractivity contribution in [2.75, 3.05) is 13.1 Å². The Bertz CT molecular complexity index is 986. The lowest BCUT2D eigenvalue weighted by atomic mass is 9.97. The first-order valence-electron chi connectivity index (χ1n) is 10.2. The Morgan fingerprint density at radius 3 is 2.27 bits per heavy atom. The molecule has 2 N–H and O–H groups in total. The number of hydrogen-bond acceptors (Lipinski definition) is 4. The zero-order valence-electron chi connectivity index (χ0n) is 17.1. The lowest BCUT2D eigenvalue weighted by Crippen LogP contribution is -2.47. The van der Waals surface area contributed by atoms with Crippen LogP contribution in [0.5, 0.6) is 0 Å². The molecular formula is C23H28N2O4S. The van der Waals surface area contributed by atoms with Gasteiger partial charge in [0, 0.05) is 13.1 Å². The van der Waals surface area contributed by atoms with E-state index in [4.69, 9.17) is 5.21 Å². The molecule has 0 aliphatic carbocycles. The van der Waals surface area contributed by atoms with Gasteiger partial charge in [0.15, 0.2) is 5.25 Å². The second-order valence-electron chi connectivity index (χ2n) is 7.43. The van der Waals surface area contributed by atoms with E-state index in [1.807, 2.05) is 31.2 Å². The van der Waals surface area contributed by atoms with Crippen molar-refractivity contribution in [2.24, 2.45) is 0 Å². The van der Waals surface area contributed by atoms with E-state index in [1.165, 1.54) is 9.79 Å². The number of hydrogen-bond donors (Lipinski definition) is 2. The third-order valence-electron chi connectivity index (χ3n) is 5.48. The topological polar surface area (TPSA) is 86.7 Å². The molecule has 2 aromatic carbocycles. The third-order valence-corrected chi connectivity index (χ3v) is 7.70. The average molecular weight is 429 g/mol. The first kappa shape index (κ1) is 22.2. The quantitative estimate of drug-likeness (QED) is 0.494. The monoisotopic (exact) mass is 428 g/mol. The average Bonchev–Trinajstić information content (AvgIpc) is 2.80. The zero-order chi connectivity index (χ0) is 21.6. The predicted octanol–water partition coefficient (Wildman–Crippen LogP) is 3.84. The molecule has 1 heterocycles. The summed E-state index contributed by atoms with van der Waals surface area (Å²) < 4.78 is 27.3. The molecule has 0 saturated carbocycles. The Kier molecular flexibility index (Phi) is 7.42. The van der Waals surface area contributed by atoms with Crippen molar-refractivity contribution in [1.82, 2.24) is 9.79 Å². The van der Waals surface area contributed by atoms with Gasteiger partial charge in [0.1, 0.15) is 0 Å². The summed E-state index contributed by atoms with van der Waals surface area (Å²) in [5, 5.41) is 7.71. The van der Waals surface area contributed by atoms with Crippen LogP contribution in [0.3, 0.4) is 0 Å². The van der Waals surface area contributed by atoms with Gasteiger partial charge in [-0.1, -0.05) is 80.4 Å². The van der Waals surface area contributed by atoms with Crippen LogP contribution < -0.4 is 5.48 Å². The summed E-state index contributed by atoms with van der Waals surface area (Å²) in [5.74, 6) is -0.866. The summed E-state index contributed by atoms with van der Waals surface area (Å²) >= 11 is 0. The van der Waals surface area contributed by atoms with Crippen molar-refractivity contribution < 1.29 is 18.4 Å². The Morgan fingerprint density at radius 1 is 1.07 bits per heavy atom. The molecule has 30 heavy (non-hydrogen) atoms. The van der Waals surface area contributed by atoms with E-state index in [0.29, 0.717) is 19.4 Å². The van der Waals surface area contributed by atoms with E-state index in [9.17, 15) is 13.2 Å². The van der Waals surface area contributed by atoms with Gasteiger partial charge in [0.2, 0.25) is 10.0 Å². The van der Waals surface area contributed by atoms with Crippen LogP contribution in [0.15, 0.2) is 60.7 Å². The van der Waals surface area contributed by atoms with Gasteiger partial charge >= 0.3 is 0 Å². The Hall–Kier alpha value is -2.48. The number of carbonyl (C=O) groups is 1.